The maximum atomic E-state index is 12.5. The van der Waals surface area contributed by atoms with Gasteiger partial charge in [-0.15, -0.1) is 0 Å². The van der Waals surface area contributed by atoms with Crippen LogP contribution in [0.5, 0.6) is 5.75 Å². The molecule has 9 heteroatoms. The third-order valence-corrected chi connectivity index (χ3v) is 5.88. The molecule has 148 valence electrons. The SMILES string of the molecule is CCOc1ccc(NC(=O)CCS(=O)(=O)c2ccc3c(c2)oc(=O)n3C)cc1. The lowest BCUT2D eigenvalue weighted by Gasteiger charge is -2.08. The van der Waals surface area contributed by atoms with Crippen LogP contribution in [0.15, 0.2) is 56.6 Å². The van der Waals surface area contributed by atoms with Crippen LogP contribution in [0.4, 0.5) is 5.69 Å². The average Bonchev–Trinajstić information content (AvgIpc) is 2.95. The van der Waals surface area contributed by atoms with E-state index in [0.29, 0.717) is 23.6 Å². The zero-order chi connectivity index (χ0) is 20.3. The van der Waals surface area contributed by atoms with Crippen molar-refractivity contribution < 1.29 is 22.4 Å². The number of hydrogen-bond donors (Lipinski definition) is 1. The number of amides is 1. The van der Waals surface area contributed by atoms with Gasteiger partial charge in [-0.1, -0.05) is 0 Å². The first-order chi connectivity index (χ1) is 13.3. The van der Waals surface area contributed by atoms with Crippen molar-refractivity contribution in [2.24, 2.45) is 7.05 Å². The Morgan fingerprint density at radius 1 is 1.18 bits per heavy atom. The van der Waals surface area contributed by atoms with Gasteiger partial charge in [0.1, 0.15) is 5.75 Å². The lowest BCUT2D eigenvalue weighted by molar-refractivity contribution is -0.115. The number of fused-ring (bicyclic) bond motifs is 1. The van der Waals surface area contributed by atoms with Crippen molar-refractivity contribution >= 4 is 32.5 Å². The molecule has 0 atom stereocenters. The highest BCUT2D eigenvalue weighted by molar-refractivity contribution is 7.91. The van der Waals surface area contributed by atoms with E-state index in [1.54, 1.807) is 24.3 Å². The van der Waals surface area contributed by atoms with Crippen LogP contribution in [0, 0.1) is 0 Å². The predicted molar refractivity (Wildman–Crippen MR) is 104 cm³/mol. The molecular weight excluding hydrogens is 384 g/mol. The second-order valence-corrected chi connectivity index (χ2v) is 8.24. The lowest BCUT2D eigenvalue weighted by Crippen LogP contribution is -2.17. The molecule has 0 saturated heterocycles. The molecule has 1 N–H and O–H groups in total. The van der Waals surface area contributed by atoms with Crippen molar-refractivity contribution in [1.82, 2.24) is 4.57 Å². The van der Waals surface area contributed by atoms with Gasteiger partial charge in [0.2, 0.25) is 5.91 Å². The highest BCUT2D eigenvalue weighted by Crippen LogP contribution is 2.20. The predicted octanol–water partition coefficient (Wildman–Crippen LogP) is 2.33. The second kappa shape index (κ2) is 7.89. The molecule has 1 heterocycles. The number of rotatable bonds is 7. The molecule has 0 radical (unpaired) electrons. The zero-order valence-electron chi connectivity index (χ0n) is 15.5. The van der Waals surface area contributed by atoms with Crippen LogP contribution in [0.1, 0.15) is 13.3 Å². The van der Waals surface area contributed by atoms with Crippen LogP contribution in [-0.2, 0) is 21.7 Å². The number of anilines is 1. The fourth-order valence-corrected chi connectivity index (χ4v) is 3.93. The van der Waals surface area contributed by atoms with Gasteiger partial charge in [-0.25, -0.2) is 13.2 Å². The summed E-state index contributed by atoms with van der Waals surface area (Å²) in [7, 11) is -2.17. The molecule has 0 aliphatic rings. The Morgan fingerprint density at radius 3 is 2.57 bits per heavy atom. The molecule has 3 aromatic rings. The van der Waals surface area contributed by atoms with Crippen molar-refractivity contribution in [3.05, 3.63) is 53.0 Å². The molecule has 28 heavy (non-hydrogen) atoms. The Morgan fingerprint density at radius 2 is 1.89 bits per heavy atom. The van der Waals surface area contributed by atoms with Crippen molar-refractivity contribution in [3.63, 3.8) is 0 Å². The molecule has 1 aromatic heterocycles. The summed E-state index contributed by atoms with van der Waals surface area (Å²) >= 11 is 0. The number of aryl methyl sites for hydroxylation is 1. The van der Waals surface area contributed by atoms with Gasteiger partial charge >= 0.3 is 5.76 Å². The Labute approximate surface area is 161 Å². The minimum atomic E-state index is -3.71. The summed E-state index contributed by atoms with van der Waals surface area (Å²) in [5.41, 5.74) is 1.24. The minimum Gasteiger partial charge on any atom is -0.494 e. The van der Waals surface area contributed by atoms with Crippen LogP contribution in [0.2, 0.25) is 0 Å². The summed E-state index contributed by atoms with van der Waals surface area (Å²) in [5.74, 6) is -0.663. The van der Waals surface area contributed by atoms with Gasteiger partial charge in [0, 0.05) is 25.2 Å². The van der Waals surface area contributed by atoms with Gasteiger partial charge in [0.15, 0.2) is 15.4 Å². The number of nitrogens with one attached hydrogen (secondary N) is 1. The van der Waals surface area contributed by atoms with E-state index in [-0.39, 0.29) is 22.7 Å². The van der Waals surface area contributed by atoms with Crippen LogP contribution in [0.3, 0.4) is 0 Å². The van der Waals surface area contributed by atoms with E-state index in [1.165, 1.54) is 29.8 Å². The number of sulfone groups is 1. The summed E-state index contributed by atoms with van der Waals surface area (Å²) in [5, 5.41) is 2.65. The van der Waals surface area contributed by atoms with Gasteiger partial charge in [-0.3, -0.25) is 9.36 Å². The maximum absolute atomic E-state index is 12.5. The van der Waals surface area contributed by atoms with E-state index in [1.807, 2.05) is 6.92 Å². The second-order valence-electron chi connectivity index (χ2n) is 6.13. The molecular formula is C19H20N2O6S. The van der Waals surface area contributed by atoms with Gasteiger partial charge in [0.25, 0.3) is 0 Å². The van der Waals surface area contributed by atoms with E-state index in [4.69, 9.17) is 9.15 Å². The molecule has 0 aliphatic heterocycles. The number of carbonyl (C=O) groups excluding carboxylic acids is 1. The Bertz CT molecular complexity index is 1160. The monoisotopic (exact) mass is 404 g/mol. The fourth-order valence-electron chi connectivity index (χ4n) is 2.68. The highest BCUT2D eigenvalue weighted by Gasteiger charge is 2.19. The van der Waals surface area contributed by atoms with Gasteiger partial charge in [0.05, 0.1) is 22.8 Å². The van der Waals surface area contributed by atoms with E-state index < -0.39 is 21.5 Å². The van der Waals surface area contributed by atoms with E-state index in [9.17, 15) is 18.0 Å². The van der Waals surface area contributed by atoms with E-state index >= 15 is 0 Å². The molecule has 8 nitrogen and oxygen atoms in total. The zero-order valence-corrected chi connectivity index (χ0v) is 16.3. The molecule has 0 bridgehead atoms. The third kappa shape index (κ3) is 4.25. The smallest absolute Gasteiger partial charge is 0.419 e. The largest absolute Gasteiger partial charge is 0.494 e. The number of ether oxygens (including phenoxy) is 1. The number of carbonyl (C=O) groups is 1. The van der Waals surface area contributed by atoms with Crippen molar-refractivity contribution in [2.45, 2.75) is 18.2 Å². The Kier molecular flexibility index (Phi) is 5.55. The number of hydrogen-bond acceptors (Lipinski definition) is 6. The number of aromatic nitrogens is 1. The number of oxazole rings is 1. The maximum Gasteiger partial charge on any atom is 0.419 e. The molecule has 3 rings (SSSR count). The highest BCUT2D eigenvalue weighted by atomic mass is 32.2. The van der Waals surface area contributed by atoms with Crippen LogP contribution >= 0.6 is 0 Å². The quantitative estimate of drug-likeness (QED) is 0.648. The van der Waals surface area contributed by atoms with Crippen LogP contribution in [0.25, 0.3) is 11.1 Å². The summed E-state index contributed by atoms with van der Waals surface area (Å²) in [6.07, 6.45) is -0.202. The molecule has 0 saturated carbocycles. The minimum absolute atomic E-state index is 0.00298. The van der Waals surface area contributed by atoms with Crippen molar-refractivity contribution in [2.75, 3.05) is 17.7 Å². The van der Waals surface area contributed by atoms with Gasteiger partial charge < -0.3 is 14.5 Å². The summed E-state index contributed by atoms with van der Waals surface area (Å²) in [6, 6.07) is 11.0. The molecule has 0 fully saturated rings. The first-order valence-corrected chi connectivity index (χ1v) is 10.3. The third-order valence-electron chi connectivity index (χ3n) is 4.17. The Hall–Kier alpha value is -3.07. The van der Waals surface area contributed by atoms with Gasteiger partial charge in [-0.2, -0.15) is 0 Å². The average molecular weight is 404 g/mol. The number of benzene rings is 2. The summed E-state index contributed by atoms with van der Waals surface area (Å²) in [4.78, 5) is 23.6. The van der Waals surface area contributed by atoms with Crippen molar-refractivity contribution in [3.8, 4) is 5.75 Å². The van der Waals surface area contributed by atoms with Crippen LogP contribution in [-0.4, -0.2) is 31.3 Å². The topological polar surface area (TPSA) is 108 Å². The lowest BCUT2D eigenvalue weighted by atomic mass is 10.3. The standard InChI is InChI=1S/C19H20N2O6S/c1-3-26-14-6-4-13(5-7-14)20-18(22)10-11-28(24,25)15-8-9-16-17(12-15)27-19(23)21(16)2/h4-9,12H,3,10-11H2,1-2H3,(H,20,22). The molecule has 1 amide bonds. The summed E-state index contributed by atoms with van der Waals surface area (Å²) < 4.78 is 36.7. The fraction of sp³-hybridized carbons (Fsp3) is 0.263. The summed E-state index contributed by atoms with van der Waals surface area (Å²) in [6.45, 7) is 2.42. The first kappa shape index (κ1) is 19.7. The number of nitrogens with zero attached hydrogens (tertiary/aromatic N) is 1. The first-order valence-electron chi connectivity index (χ1n) is 8.65. The van der Waals surface area contributed by atoms with E-state index in [0.717, 1.165) is 0 Å². The van der Waals surface area contributed by atoms with Crippen molar-refractivity contribution in [1.29, 1.82) is 0 Å². The molecule has 0 unspecified atom stereocenters. The molecule has 0 aliphatic carbocycles. The van der Waals surface area contributed by atoms with E-state index in [2.05, 4.69) is 5.32 Å². The molecule has 2 aromatic carbocycles. The van der Waals surface area contributed by atoms with Gasteiger partial charge in [-0.05, 0) is 43.3 Å². The molecule has 0 spiro atoms. The normalized spacial score (nSPS) is 11.5. The van der Waals surface area contributed by atoms with Crippen LogP contribution < -0.4 is 15.8 Å². The Balaban J connectivity index is 1.65.